The summed E-state index contributed by atoms with van der Waals surface area (Å²) in [7, 11) is 0. The predicted molar refractivity (Wildman–Crippen MR) is 79.8 cm³/mol. The molecule has 0 heterocycles. The molecule has 0 bridgehead atoms. The van der Waals surface area contributed by atoms with E-state index in [4.69, 9.17) is 11.6 Å². The zero-order chi connectivity index (χ0) is 14.6. The van der Waals surface area contributed by atoms with Crippen molar-refractivity contribution < 1.29 is 9.90 Å². The van der Waals surface area contributed by atoms with Crippen LogP contribution in [0.4, 0.5) is 0 Å². The van der Waals surface area contributed by atoms with Crippen LogP contribution in [0.2, 0.25) is 5.02 Å². The molecule has 3 nitrogen and oxygen atoms in total. The van der Waals surface area contributed by atoms with Crippen LogP contribution in [0.1, 0.15) is 22.8 Å². The number of hydrogen-bond donors (Lipinski definition) is 2. The van der Waals surface area contributed by atoms with Gasteiger partial charge in [0.05, 0.1) is 6.54 Å². The van der Waals surface area contributed by atoms with Crippen molar-refractivity contribution in [2.45, 2.75) is 12.5 Å². The Hall–Kier alpha value is -1.84. The second kappa shape index (κ2) is 6.07. The quantitative estimate of drug-likeness (QED) is 0.909. The Bertz CT molecular complexity index is 579. The average Bonchev–Trinajstić information content (AvgIpc) is 2.46. The summed E-state index contributed by atoms with van der Waals surface area (Å²) in [5.74, 6) is -0.208. The molecule has 1 amide bonds. The van der Waals surface area contributed by atoms with Crippen molar-refractivity contribution >= 4 is 17.5 Å². The van der Waals surface area contributed by atoms with E-state index in [2.05, 4.69) is 5.32 Å². The predicted octanol–water partition coefficient (Wildman–Crippen LogP) is 2.98. The van der Waals surface area contributed by atoms with E-state index < -0.39 is 5.60 Å². The van der Waals surface area contributed by atoms with Gasteiger partial charge >= 0.3 is 0 Å². The SMILES string of the molecule is CC(O)(CNC(=O)c1ccccc1)c1ccc(Cl)cc1. The highest BCUT2D eigenvalue weighted by molar-refractivity contribution is 6.30. The van der Waals surface area contributed by atoms with E-state index in [1.807, 2.05) is 6.07 Å². The van der Waals surface area contributed by atoms with Gasteiger partial charge in [-0.25, -0.2) is 0 Å². The monoisotopic (exact) mass is 289 g/mol. The van der Waals surface area contributed by atoms with E-state index in [0.29, 0.717) is 16.1 Å². The second-order valence-corrected chi connectivity index (χ2v) is 5.27. The highest BCUT2D eigenvalue weighted by Crippen LogP contribution is 2.21. The van der Waals surface area contributed by atoms with Crippen LogP contribution in [0.5, 0.6) is 0 Å². The van der Waals surface area contributed by atoms with Gasteiger partial charge in [-0.2, -0.15) is 0 Å². The first-order chi connectivity index (χ1) is 9.49. The van der Waals surface area contributed by atoms with E-state index in [1.165, 1.54) is 0 Å². The fourth-order valence-corrected chi connectivity index (χ4v) is 1.98. The molecule has 2 rings (SSSR count). The lowest BCUT2D eigenvalue weighted by molar-refractivity contribution is 0.0526. The number of amides is 1. The van der Waals surface area contributed by atoms with E-state index in [-0.39, 0.29) is 12.5 Å². The molecule has 0 aliphatic heterocycles. The van der Waals surface area contributed by atoms with Crippen molar-refractivity contribution in [2.75, 3.05) is 6.54 Å². The maximum atomic E-state index is 11.9. The summed E-state index contributed by atoms with van der Waals surface area (Å²) in [6.07, 6.45) is 0. The van der Waals surface area contributed by atoms with Gasteiger partial charge in [-0.3, -0.25) is 4.79 Å². The zero-order valence-corrected chi connectivity index (χ0v) is 11.9. The van der Waals surface area contributed by atoms with Crippen LogP contribution < -0.4 is 5.32 Å². The molecule has 0 aromatic heterocycles. The van der Waals surface area contributed by atoms with Gasteiger partial charge in [0.2, 0.25) is 0 Å². The zero-order valence-electron chi connectivity index (χ0n) is 11.1. The number of carbonyl (C=O) groups is 1. The van der Waals surface area contributed by atoms with E-state index in [9.17, 15) is 9.90 Å². The summed E-state index contributed by atoms with van der Waals surface area (Å²) in [5, 5.41) is 13.8. The van der Waals surface area contributed by atoms with Crippen molar-refractivity contribution in [1.82, 2.24) is 5.32 Å². The third kappa shape index (κ3) is 3.59. The van der Waals surface area contributed by atoms with Crippen LogP contribution >= 0.6 is 11.6 Å². The lowest BCUT2D eigenvalue weighted by Gasteiger charge is -2.24. The molecule has 0 radical (unpaired) electrons. The van der Waals surface area contributed by atoms with Gasteiger partial charge in [-0.15, -0.1) is 0 Å². The minimum atomic E-state index is -1.14. The Kier molecular flexibility index (Phi) is 4.42. The maximum absolute atomic E-state index is 11.9. The largest absolute Gasteiger partial charge is 0.384 e. The molecule has 2 N–H and O–H groups in total. The molecule has 1 unspecified atom stereocenters. The summed E-state index contributed by atoms with van der Waals surface area (Å²) < 4.78 is 0. The smallest absolute Gasteiger partial charge is 0.251 e. The Balaban J connectivity index is 2.02. The van der Waals surface area contributed by atoms with Crippen LogP contribution in [0.25, 0.3) is 0 Å². The van der Waals surface area contributed by atoms with Crippen LogP contribution in [0, 0.1) is 0 Å². The normalized spacial score (nSPS) is 13.6. The summed E-state index contributed by atoms with van der Waals surface area (Å²) in [6, 6.07) is 15.8. The lowest BCUT2D eigenvalue weighted by atomic mass is 9.96. The molecule has 0 saturated carbocycles. The molecule has 1 atom stereocenters. The Morgan fingerprint density at radius 1 is 1.15 bits per heavy atom. The molecular formula is C16H16ClNO2. The van der Waals surface area contributed by atoms with Gasteiger partial charge in [0.25, 0.3) is 5.91 Å². The minimum absolute atomic E-state index is 0.127. The molecule has 2 aromatic rings. The molecule has 104 valence electrons. The average molecular weight is 290 g/mol. The topological polar surface area (TPSA) is 49.3 Å². The highest BCUT2D eigenvalue weighted by Gasteiger charge is 2.23. The van der Waals surface area contributed by atoms with E-state index in [1.54, 1.807) is 55.5 Å². The Morgan fingerprint density at radius 2 is 1.75 bits per heavy atom. The first kappa shape index (κ1) is 14.6. The Morgan fingerprint density at radius 3 is 2.35 bits per heavy atom. The Labute approximate surface area is 123 Å². The summed E-state index contributed by atoms with van der Waals surface area (Å²) in [6.45, 7) is 1.78. The fraction of sp³-hybridized carbons (Fsp3) is 0.188. The van der Waals surface area contributed by atoms with Gasteiger partial charge in [-0.1, -0.05) is 41.9 Å². The molecule has 0 fully saturated rings. The van der Waals surface area contributed by atoms with E-state index in [0.717, 1.165) is 0 Å². The molecule has 0 spiro atoms. The molecule has 20 heavy (non-hydrogen) atoms. The number of benzene rings is 2. The second-order valence-electron chi connectivity index (χ2n) is 4.83. The van der Waals surface area contributed by atoms with Crippen molar-refractivity contribution in [3.63, 3.8) is 0 Å². The number of rotatable bonds is 4. The molecule has 4 heteroatoms. The summed E-state index contributed by atoms with van der Waals surface area (Å²) >= 11 is 5.82. The minimum Gasteiger partial charge on any atom is -0.384 e. The molecule has 0 aliphatic carbocycles. The molecule has 0 saturated heterocycles. The number of halogens is 1. The van der Waals surface area contributed by atoms with Gasteiger partial charge in [0.1, 0.15) is 5.60 Å². The van der Waals surface area contributed by atoms with Crippen molar-refractivity contribution in [3.05, 3.63) is 70.7 Å². The van der Waals surface area contributed by atoms with Gasteiger partial charge < -0.3 is 10.4 Å². The van der Waals surface area contributed by atoms with Gasteiger partial charge in [-0.05, 0) is 36.8 Å². The number of nitrogens with one attached hydrogen (secondary N) is 1. The lowest BCUT2D eigenvalue weighted by Crippen LogP contribution is -2.38. The number of aliphatic hydroxyl groups is 1. The molecular weight excluding hydrogens is 274 g/mol. The van der Waals surface area contributed by atoms with Crippen LogP contribution in [-0.2, 0) is 5.60 Å². The number of hydrogen-bond acceptors (Lipinski definition) is 2. The van der Waals surface area contributed by atoms with Crippen LogP contribution in [-0.4, -0.2) is 17.6 Å². The first-order valence-electron chi connectivity index (χ1n) is 6.31. The van der Waals surface area contributed by atoms with Gasteiger partial charge in [0.15, 0.2) is 0 Å². The van der Waals surface area contributed by atoms with Gasteiger partial charge in [0, 0.05) is 10.6 Å². The standard InChI is InChI=1S/C16H16ClNO2/c1-16(20,13-7-9-14(17)10-8-13)11-18-15(19)12-5-3-2-4-6-12/h2-10,20H,11H2,1H3,(H,18,19). The van der Waals surface area contributed by atoms with Crippen molar-refractivity contribution in [1.29, 1.82) is 0 Å². The third-order valence-electron chi connectivity index (χ3n) is 3.10. The van der Waals surface area contributed by atoms with E-state index >= 15 is 0 Å². The number of carbonyl (C=O) groups excluding carboxylic acids is 1. The van der Waals surface area contributed by atoms with Crippen LogP contribution in [0.3, 0.4) is 0 Å². The maximum Gasteiger partial charge on any atom is 0.251 e. The summed E-state index contributed by atoms with van der Waals surface area (Å²) in [4.78, 5) is 11.9. The van der Waals surface area contributed by atoms with Crippen molar-refractivity contribution in [3.8, 4) is 0 Å². The fourth-order valence-electron chi connectivity index (χ4n) is 1.85. The highest BCUT2D eigenvalue weighted by atomic mass is 35.5. The van der Waals surface area contributed by atoms with Crippen LogP contribution in [0.15, 0.2) is 54.6 Å². The summed E-state index contributed by atoms with van der Waals surface area (Å²) in [5.41, 5.74) is 0.129. The van der Waals surface area contributed by atoms with Crippen molar-refractivity contribution in [2.24, 2.45) is 0 Å². The molecule has 2 aromatic carbocycles. The molecule has 0 aliphatic rings. The first-order valence-corrected chi connectivity index (χ1v) is 6.68. The third-order valence-corrected chi connectivity index (χ3v) is 3.35.